The Balaban J connectivity index is 2.35. The number of carbonyl (C=O) groups excluding carboxylic acids is 1. The Morgan fingerprint density at radius 3 is 2.39 bits per heavy atom. The first-order valence-corrected chi connectivity index (χ1v) is 9.55. The van der Waals surface area contributed by atoms with E-state index in [0.29, 0.717) is 5.56 Å². The maximum Gasteiger partial charge on any atom is 0.222 e. The van der Waals surface area contributed by atoms with Gasteiger partial charge in [-0.05, 0) is 29.1 Å². The molecule has 1 aromatic heterocycles. The lowest BCUT2D eigenvalue weighted by Crippen LogP contribution is -2.34. The molecule has 4 nitrogen and oxygen atoms in total. The summed E-state index contributed by atoms with van der Waals surface area (Å²) in [5.41, 5.74) is 0.448. The first kappa shape index (κ1) is 17.6. The highest BCUT2D eigenvalue weighted by Crippen LogP contribution is 2.31. The fourth-order valence-corrected chi connectivity index (χ4v) is 4.91. The van der Waals surface area contributed by atoms with E-state index < -0.39 is 20.9 Å². The van der Waals surface area contributed by atoms with Gasteiger partial charge in [0.15, 0.2) is 9.84 Å². The molecule has 1 aromatic carbocycles. The Hall–Kier alpha value is -1.73. The lowest BCUT2D eigenvalue weighted by atomic mass is 10.1. The Morgan fingerprint density at radius 2 is 1.87 bits per heavy atom. The Labute approximate surface area is 139 Å². The first-order valence-electron chi connectivity index (χ1n) is 7.13. The average Bonchev–Trinajstić information content (AvgIpc) is 3.03. The molecule has 0 saturated carbocycles. The molecule has 7 heteroatoms. The van der Waals surface area contributed by atoms with Crippen LogP contribution in [-0.4, -0.2) is 20.9 Å². The van der Waals surface area contributed by atoms with Crippen LogP contribution in [0, 0.1) is 11.7 Å². The summed E-state index contributed by atoms with van der Waals surface area (Å²) in [6, 6.07) is 8.50. The maximum atomic E-state index is 13.1. The minimum Gasteiger partial charge on any atom is -0.354 e. The van der Waals surface area contributed by atoms with E-state index in [-0.39, 0.29) is 22.6 Å². The lowest BCUT2D eigenvalue weighted by Gasteiger charge is -2.19. The summed E-state index contributed by atoms with van der Waals surface area (Å²) in [7, 11) is -3.66. The van der Waals surface area contributed by atoms with E-state index in [1.54, 1.807) is 25.3 Å². The number of hydrogen-bond acceptors (Lipinski definition) is 4. The van der Waals surface area contributed by atoms with E-state index >= 15 is 0 Å². The van der Waals surface area contributed by atoms with Crippen molar-refractivity contribution in [3.63, 3.8) is 0 Å². The fourth-order valence-electron chi connectivity index (χ4n) is 2.05. The van der Waals surface area contributed by atoms with Crippen molar-refractivity contribution in [1.29, 1.82) is 0 Å². The normalized spacial score (nSPS) is 13.0. The van der Waals surface area contributed by atoms with Gasteiger partial charge in [0, 0.05) is 12.5 Å². The van der Waals surface area contributed by atoms with E-state index in [0.717, 1.165) is 11.3 Å². The third kappa shape index (κ3) is 4.17. The molecule has 0 aliphatic heterocycles. The summed E-state index contributed by atoms with van der Waals surface area (Å²) >= 11 is 1.12. The van der Waals surface area contributed by atoms with E-state index in [1.165, 1.54) is 30.3 Å². The molecule has 0 bridgehead atoms. The number of nitrogens with one attached hydrogen (secondary N) is 1. The van der Waals surface area contributed by atoms with Crippen molar-refractivity contribution in [2.75, 3.05) is 6.54 Å². The van der Waals surface area contributed by atoms with Gasteiger partial charge >= 0.3 is 0 Å². The molecule has 0 radical (unpaired) electrons. The topological polar surface area (TPSA) is 63.2 Å². The van der Waals surface area contributed by atoms with Gasteiger partial charge in [0.1, 0.15) is 15.3 Å². The molecule has 0 aliphatic rings. The fraction of sp³-hybridized carbons (Fsp3) is 0.312. The van der Waals surface area contributed by atoms with Gasteiger partial charge in [0.2, 0.25) is 5.91 Å². The van der Waals surface area contributed by atoms with E-state index in [1.807, 2.05) is 0 Å². The second-order valence-corrected chi connectivity index (χ2v) is 8.72. The van der Waals surface area contributed by atoms with Gasteiger partial charge in [-0.2, -0.15) is 0 Å². The zero-order valence-corrected chi connectivity index (χ0v) is 14.5. The molecule has 0 unspecified atom stereocenters. The standard InChI is InChI=1S/C16H18FNO3S2/c1-11(2)16(19)18-10-14(12-5-7-13(17)8-6-12)23(20,21)15-4-3-9-22-15/h3-9,11,14H,10H2,1-2H3,(H,18,19)/t14-/m1/s1. The predicted octanol–water partition coefficient (Wildman–Crippen LogP) is 3.17. The van der Waals surface area contributed by atoms with Gasteiger partial charge in [0.25, 0.3) is 0 Å². The lowest BCUT2D eigenvalue weighted by molar-refractivity contribution is -0.123. The summed E-state index contributed by atoms with van der Waals surface area (Å²) in [6.07, 6.45) is 0. The third-order valence-electron chi connectivity index (χ3n) is 3.38. The van der Waals surface area contributed by atoms with E-state index in [2.05, 4.69) is 5.32 Å². The minimum absolute atomic E-state index is 0.0527. The molecule has 0 fully saturated rings. The highest BCUT2D eigenvalue weighted by molar-refractivity contribution is 7.93. The van der Waals surface area contributed by atoms with Crippen molar-refractivity contribution in [2.45, 2.75) is 23.3 Å². The molecular weight excluding hydrogens is 337 g/mol. The molecular formula is C16H18FNO3S2. The third-order valence-corrected chi connectivity index (χ3v) is 6.91. The Morgan fingerprint density at radius 1 is 1.22 bits per heavy atom. The van der Waals surface area contributed by atoms with Gasteiger partial charge in [-0.1, -0.05) is 32.0 Å². The van der Waals surface area contributed by atoms with Gasteiger partial charge in [-0.3, -0.25) is 4.79 Å². The van der Waals surface area contributed by atoms with Gasteiger partial charge < -0.3 is 5.32 Å². The van der Waals surface area contributed by atoms with Crippen LogP contribution in [0.4, 0.5) is 4.39 Å². The number of carbonyl (C=O) groups is 1. The minimum atomic E-state index is -3.66. The molecule has 0 aliphatic carbocycles. The molecule has 1 heterocycles. The highest BCUT2D eigenvalue weighted by atomic mass is 32.2. The van der Waals surface area contributed by atoms with E-state index in [9.17, 15) is 17.6 Å². The van der Waals surface area contributed by atoms with Crippen LogP contribution in [0.25, 0.3) is 0 Å². The summed E-state index contributed by atoms with van der Waals surface area (Å²) in [5.74, 6) is -0.904. The largest absolute Gasteiger partial charge is 0.354 e. The summed E-state index contributed by atoms with van der Waals surface area (Å²) in [4.78, 5) is 11.8. The zero-order valence-electron chi connectivity index (χ0n) is 12.8. The van der Waals surface area contributed by atoms with Crippen LogP contribution in [-0.2, 0) is 14.6 Å². The summed E-state index contributed by atoms with van der Waals surface area (Å²) in [5, 5.41) is 3.38. The SMILES string of the molecule is CC(C)C(=O)NC[C@H](c1ccc(F)cc1)S(=O)(=O)c1cccs1. The van der Waals surface area contributed by atoms with Crippen LogP contribution < -0.4 is 5.32 Å². The van der Waals surface area contributed by atoms with Gasteiger partial charge in [-0.25, -0.2) is 12.8 Å². The maximum absolute atomic E-state index is 13.1. The van der Waals surface area contributed by atoms with Crippen molar-refractivity contribution >= 4 is 27.1 Å². The number of hydrogen-bond donors (Lipinski definition) is 1. The molecule has 0 spiro atoms. The molecule has 124 valence electrons. The quantitative estimate of drug-likeness (QED) is 0.866. The number of halogens is 1. The van der Waals surface area contributed by atoms with Crippen LogP contribution in [0.15, 0.2) is 46.0 Å². The molecule has 1 N–H and O–H groups in total. The molecule has 0 saturated heterocycles. The van der Waals surface area contributed by atoms with Crippen molar-refractivity contribution in [3.05, 3.63) is 53.2 Å². The summed E-state index contributed by atoms with van der Waals surface area (Å²) < 4.78 is 39.0. The Bertz CT molecular complexity index is 753. The number of amides is 1. The average molecular weight is 355 g/mol. The van der Waals surface area contributed by atoms with Crippen LogP contribution in [0.3, 0.4) is 0 Å². The van der Waals surface area contributed by atoms with Crippen molar-refractivity contribution in [2.24, 2.45) is 5.92 Å². The molecule has 23 heavy (non-hydrogen) atoms. The van der Waals surface area contributed by atoms with Crippen LogP contribution in [0.2, 0.25) is 0 Å². The second kappa shape index (κ2) is 7.23. The second-order valence-electron chi connectivity index (χ2n) is 5.42. The number of sulfone groups is 1. The monoisotopic (exact) mass is 355 g/mol. The highest BCUT2D eigenvalue weighted by Gasteiger charge is 2.30. The predicted molar refractivity (Wildman–Crippen MR) is 88.5 cm³/mol. The smallest absolute Gasteiger partial charge is 0.222 e. The van der Waals surface area contributed by atoms with Crippen molar-refractivity contribution < 1.29 is 17.6 Å². The molecule has 1 atom stereocenters. The van der Waals surface area contributed by atoms with Gasteiger partial charge in [0.05, 0.1) is 0 Å². The first-order chi connectivity index (χ1) is 10.8. The molecule has 2 rings (SSSR count). The van der Waals surface area contributed by atoms with Crippen LogP contribution in [0.5, 0.6) is 0 Å². The Kier molecular flexibility index (Phi) is 5.54. The van der Waals surface area contributed by atoms with Crippen LogP contribution in [0.1, 0.15) is 24.7 Å². The number of benzene rings is 1. The van der Waals surface area contributed by atoms with Crippen molar-refractivity contribution in [1.82, 2.24) is 5.32 Å². The zero-order chi connectivity index (χ0) is 17.0. The van der Waals surface area contributed by atoms with E-state index in [4.69, 9.17) is 0 Å². The molecule has 1 amide bonds. The van der Waals surface area contributed by atoms with Crippen LogP contribution >= 0.6 is 11.3 Å². The van der Waals surface area contributed by atoms with Crippen molar-refractivity contribution in [3.8, 4) is 0 Å². The molecule has 2 aromatic rings. The summed E-state index contributed by atoms with van der Waals surface area (Å²) in [6.45, 7) is 3.41. The number of thiophene rings is 1. The van der Waals surface area contributed by atoms with Gasteiger partial charge in [-0.15, -0.1) is 11.3 Å². The number of rotatable bonds is 6.